The van der Waals surface area contributed by atoms with Gasteiger partial charge >= 0.3 is 0 Å². The number of nitrogens with zero attached hydrogens (tertiary/aromatic N) is 1. The Balaban J connectivity index is 1.87. The van der Waals surface area contributed by atoms with E-state index in [0.29, 0.717) is 24.0 Å². The molecule has 0 aliphatic heterocycles. The maximum Gasteiger partial charge on any atom is 0.226 e. The minimum absolute atomic E-state index is 0.0412. The Hall–Kier alpha value is -1.46. The topological polar surface area (TPSA) is 68.0 Å². The number of carbonyl (C=O) groups is 1. The summed E-state index contributed by atoms with van der Waals surface area (Å²) < 4.78 is 1.09. The lowest BCUT2D eigenvalue weighted by atomic mass is 9.96. The number of hydrogen-bond donors (Lipinski definition) is 2. The number of hydrogen-bond acceptors (Lipinski definition) is 4. The minimum Gasteiger partial charge on any atom is -0.330 e. The lowest BCUT2D eigenvalue weighted by molar-refractivity contribution is -0.116. The van der Waals surface area contributed by atoms with Crippen molar-refractivity contribution in [3.05, 3.63) is 24.3 Å². The molecule has 4 nitrogen and oxygen atoms in total. The van der Waals surface area contributed by atoms with E-state index in [-0.39, 0.29) is 5.91 Å². The molecular weight excluding hydrogens is 270 g/mol. The molecule has 0 spiro atoms. The molecule has 0 saturated carbocycles. The van der Waals surface area contributed by atoms with Gasteiger partial charge in [0.1, 0.15) is 0 Å². The van der Waals surface area contributed by atoms with E-state index < -0.39 is 0 Å². The highest BCUT2D eigenvalue weighted by Gasteiger charge is 2.11. The summed E-state index contributed by atoms with van der Waals surface area (Å²) >= 11 is 1.51. The number of nitrogens with two attached hydrogens (primary N) is 1. The number of para-hydroxylation sites is 1. The molecule has 2 aromatic rings. The average molecular weight is 291 g/mol. The van der Waals surface area contributed by atoms with Crippen LogP contribution in [0, 0.1) is 5.92 Å². The van der Waals surface area contributed by atoms with Gasteiger partial charge in [-0.25, -0.2) is 4.98 Å². The van der Waals surface area contributed by atoms with Crippen molar-refractivity contribution in [2.75, 3.05) is 11.9 Å². The fourth-order valence-corrected chi connectivity index (χ4v) is 3.11. The molecule has 1 heterocycles. The Kier molecular flexibility index (Phi) is 5.49. The number of nitrogens with one attached hydrogen (secondary N) is 1. The van der Waals surface area contributed by atoms with Gasteiger partial charge in [0.2, 0.25) is 5.91 Å². The van der Waals surface area contributed by atoms with Gasteiger partial charge in [0.15, 0.2) is 5.13 Å². The average Bonchev–Trinajstić information content (AvgIpc) is 2.85. The van der Waals surface area contributed by atoms with E-state index in [1.54, 1.807) is 0 Å². The second kappa shape index (κ2) is 7.36. The first kappa shape index (κ1) is 14.9. The fraction of sp³-hybridized carbons (Fsp3) is 0.467. The van der Waals surface area contributed by atoms with E-state index in [1.807, 2.05) is 24.3 Å². The van der Waals surface area contributed by atoms with Gasteiger partial charge in [0.25, 0.3) is 0 Å². The van der Waals surface area contributed by atoms with Gasteiger partial charge in [-0.15, -0.1) is 0 Å². The van der Waals surface area contributed by atoms with E-state index in [2.05, 4.69) is 17.2 Å². The van der Waals surface area contributed by atoms with Crippen molar-refractivity contribution in [1.82, 2.24) is 4.98 Å². The van der Waals surface area contributed by atoms with Crippen LogP contribution in [-0.4, -0.2) is 17.4 Å². The monoisotopic (exact) mass is 291 g/mol. The van der Waals surface area contributed by atoms with Gasteiger partial charge in [-0.3, -0.25) is 4.79 Å². The standard InChI is InChI=1S/C15H21N3OS/c1-2-11(9-10-16)7-8-14(19)18-15-17-12-5-3-4-6-13(12)20-15/h3-6,11H,2,7-10,16H2,1H3,(H,17,18,19). The highest BCUT2D eigenvalue weighted by molar-refractivity contribution is 7.22. The molecule has 0 bridgehead atoms. The van der Waals surface area contributed by atoms with E-state index in [9.17, 15) is 4.79 Å². The zero-order chi connectivity index (χ0) is 14.4. The van der Waals surface area contributed by atoms with Gasteiger partial charge < -0.3 is 11.1 Å². The van der Waals surface area contributed by atoms with E-state index in [0.717, 1.165) is 29.5 Å². The van der Waals surface area contributed by atoms with E-state index in [1.165, 1.54) is 11.3 Å². The van der Waals surface area contributed by atoms with Crippen molar-refractivity contribution in [1.29, 1.82) is 0 Å². The molecule has 0 fully saturated rings. The summed E-state index contributed by atoms with van der Waals surface area (Å²) in [5.74, 6) is 0.584. The summed E-state index contributed by atoms with van der Waals surface area (Å²) in [6.45, 7) is 2.84. The zero-order valence-corrected chi connectivity index (χ0v) is 12.6. The summed E-state index contributed by atoms with van der Waals surface area (Å²) in [4.78, 5) is 16.3. The van der Waals surface area contributed by atoms with Gasteiger partial charge in [0, 0.05) is 6.42 Å². The Morgan fingerprint density at radius 3 is 2.90 bits per heavy atom. The first-order valence-corrected chi connectivity index (χ1v) is 7.90. The van der Waals surface area contributed by atoms with Gasteiger partial charge in [-0.2, -0.15) is 0 Å². The third-order valence-electron chi connectivity index (χ3n) is 3.47. The van der Waals surface area contributed by atoms with E-state index >= 15 is 0 Å². The third kappa shape index (κ3) is 4.02. The Labute approximate surface area is 123 Å². The summed E-state index contributed by atoms with van der Waals surface area (Å²) in [5, 5.41) is 3.57. The molecular formula is C15H21N3OS. The molecule has 20 heavy (non-hydrogen) atoms. The predicted octanol–water partition coefficient (Wildman–Crippen LogP) is 3.39. The highest BCUT2D eigenvalue weighted by atomic mass is 32.1. The van der Waals surface area contributed by atoms with Crippen molar-refractivity contribution in [3.63, 3.8) is 0 Å². The second-order valence-corrected chi connectivity index (χ2v) is 5.96. The fourth-order valence-electron chi connectivity index (χ4n) is 2.23. The van der Waals surface area contributed by atoms with Crippen molar-refractivity contribution in [2.24, 2.45) is 11.7 Å². The molecule has 1 unspecified atom stereocenters. The van der Waals surface area contributed by atoms with Gasteiger partial charge in [-0.1, -0.05) is 36.8 Å². The maximum atomic E-state index is 11.9. The Bertz CT molecular complexity index is 534. The number of amides is 1. The predicted molar refractivity (Wildman–Crippen MR) is 84.9 cm³/mol. The van der Waals surface area contributed by atoms with Crippen LogP contribution in [0.2, 0.25) is 0 Å². The molecule has 0 aliphatic carbocycles. The van der Waals surface area contributed by atoms with Crippen molar-refractivity contribution in [3.8, 4) is 0 Å². The van der Waals surface area contributed by atoms with Crippen molar-refractivity contribution >= 4 is 32.6 Å². The largest absolute Gasteiger partial charge is 0.330 e. The van der Waals surface area contributed by atoms with Crippen LogP contribution in [0.5, 0.6) is 0 Å². The second-order valence-electron chi connectivity index (χ2n) is 4.93. The maximum absolute atomic E-state index is 11.9. The lowest BCUT2D eigenvalue weighted by Gasteiger charge is -2.12. The number of aromatic nitrogens is 1. The smallest absolute Gasteiger partial charge is 0.226 e. The molecule has 1 aromatic heterocycles. The molecule has 0 aliphatic rings. The highest BCUT2D eigenvalue weighted by Crippen LogP contribution is 2.25. The molecule has 3 N–H and O–H groups in total. The normalized spacial score (nSPS) is 12.5. The number of rotatable bonds is 7. The van der Waals surface area contributed by atoms with Crippen molar-refractivity contribution in [2.45, 2.75) is 32.6 Å². The molecule has 2 rings (SSSR count). The SMILES string of the molecule is CCC(CCN)CCC(=O)Nc1nc2ccccc2s1. The van der Waals surface area contributed by atoms with Crippen LogP contribution in [-0.2, 0) is 4.79 Å². The zero-order valence-electron chi connectivity index (χ0n) is 11.8. The van der Waals surface area contributed by atoms with Crippen LogP contribution in [0.25, 0.3) is 10.2 Å². The Morgan fingerprint density at radius 2 is 2.20 bits per heavy atom. The number of benzene rings is 1. The Morgan fingerprint density at radius 1 is 1.40 bits per heavy atom. The lowest BCUT2D eigenvalue weighted by Crippen LogP contribution is -2.14. The molecule has 1 aromatic carbocycles. The third-order valence-corrected chi connectivity index (χ3v) is 4.42. The number of anilines is 1. The van der Waals surface area contributed by atoms with Crippen LogP contribution in [0.3, 0.4) is 0 Å². The van der Waals surface area contributed by atoms with Crippen LogP contribution in [0.15, 0.2) is 24.3 Å². The number of carbonyl (C=O) groups excluding carboxylic acids is 1. The van der Waals surface area contributed by atoms with Crippen LogP contribution < -0.4 is 11.1 Å². The number of thiazole rings is 1. The van der Waals surface area contributed by atoms with E-state index in [4.69, 9.17) is 5.73 Å². The van der Waals surface area contributed by atoms with Crippen LogP contribution in [0.4, 0.5) is 5.13 Å². The van der Waals surface area contributed by atoms with Gasteiger partial charge in [-0.05, 0) is 37.4 Å². The minimum atomic E-state index is 0.0412. The quantitative estimate of drug-likeness (QED) is 0.821. The molecule has 0 radical (unpaired) electrons. The summed E-state index contributed by atoms with van der Waals surface area (Å²) in [6, 6.07) is 7.89. The molecule has 108 valence electrons. The molecule has 0 saturated heterocycles. The summed E-state index contributed by atoms with van der Waals surface area (Å²) in [7, 11) is 0. The first-order valence-electron chi connectivity index (χ1n) is 7.08. The molecule has 1 atom stereocenters. The number of fused-ring (bicyclic) bond motifs is 1. The van der Waals surface area contributed by atoms with Crippen LogP contribution >= 0.6 is 11.3 Å². The first-order chi connectivity index (χ1) is 9.72. The van der Waals surface area contributed by atoms with Crippen molar-refractivity contribution < 1.29 is 4.79 Å². The molecule has 5 heteroatoms. The van der Waals surface area contributed by atoms with Crippen LogP contribution in [0.1, 0.15) is 32.6 Å². The molecule has 1 amide bonds. The summed E-state index contributed by atoms with van der Waals surface area (Å²) in [5.41, 5.74) is 6.50. The summed E-state index contributed by atoms with van der Waals surface area (Å²) in [6.07, 6.45) is 3.50. The van der Waals surface area contributed by atoms with Gasteiger partial charge in [0.05, 0.1) is 10.2 Å².